The number of alkyl halides is 3. The number of aromatic hydroxyl groups is 1. The number of nitro groups is 1. The highest BCUT2D eigenvalue weighted by molar-refractivity contribution is 9.13. The fraction of sp³-hybridized carbons (Fsp3) is 0.300. The number of carboxylic acids is 1. The van der Waals surface area contributed by atoms with E-state index in [0.717, 1.165) is 5.57 Å². The van der Waals surface area contributed by atoms with E-state index in [1.807, 2.05) is 0 Å². The lowest BCUT2D eigenvalue weighted by atomic mass is 9.78. The van der Waals surface area contributed by atoms with E-state index in [0.29, 0.717) is 40.5 Å². The Labute approximate surface area is 210 Å². The number of allylic oxidation sites excluding steroid dienone is 2. The minimum Gasteiger partial charge on any atom is -0.504 e. The number of aliphatic carboxylic acids is 1. The van der Waals surface area contributed by atoms with Crippen molar-refractivity contribution in [1.29, 1.82) is 0 Å². The maximum absolute atomic E-state index is 12.7. The van der Waals surface area contributed by atoms with E-state index in [1.165, 1.54) is 6.08 Å². The van der Waals surface area contributed by atoms with Crippen molar-refractivity contribution in [2.24, 2.45) is 9.98 Å². The second kappa shape index (κ2) is 8.55. The number of hydrogen-bond donors (Lipinski definition) is 3. The fourth-order valence-corrected chi connectivity index (χ4v) is 5.89. The molecule has 0 radical (unpaired) electrons. The number of phenolic OH excluding ortho intramolecular Hbond substituents is 1. The third-order valence-corrected chi connectivity index (χ3v) is 7.15. The molecule has 0 fully saturated rings. The lowest BCUT2D eigenvalue weighted by molar-refractivity contribution is -0.537. The number of halogens is 5. The zero-order valence-corrected chi connectivity index (χ0v) is 20.4. The first kappa shape index (κ1) is 25.0. The Bertz CT molecular complexity index is 1430. The van der Waals surface area contributed by atoms with Gasteiger partial charge in [-0.1, -0.05) is 0 Å². The number of carboxylic acid groups (broad SMARTS) is 1. The molecule has 1 aliphatic carbocycles. The molecule has 35 heavy (non-hydrogen) atoms. The van der Waals surface area contributed by atoms with Gasteiger partial charge >= 0.3 is 12.1 Å². The van der Waals surface area contributed by atoms with E-state index in [2.05, 4.69) is 47.2 Å². The van der Waals surface area contributed by atoms with Gasteiger partial charge in [-0.2, -0.15) is 13.2 Å². The van der Waals surface area contributed by atoms with Gasteiger partial charge in [0.05, 0.1) is 25.6 Å². The number of carbonyl (C=O) groups excluding carboxylic acids is 1. The normalized spacial score (nSPS) is 21.9. The number of aliphatic imine (C=N–C) groups is 1. The summed E-state index contributed by atoms with van der Waals surface area (Å²) >= 11 is 6.48. The minimum absolute atomic E-state index is 0.0786. The largest absolute Gasteiger partial charge is 0.504 e. The zero-order chi connectivity index (χ0) is 25.9. The molecule has 0 amide bonds. The number of phenols is 1. The molecule has 3 N–H and O–H groups in total. The number of fused-ring (bicyclic) bond motifs is 4. The number of nitrogens with zero attached hydrogens (tertiary/aromatic N) is 3. The molecule has 5 rings (SSSR count). The van der Waals surface area contributed by atoms with E-state index >= 15 is 0 Å². The number of rotatable bonds is 1. The van der Waals surface area contributed by atoms with Crippen LogP contribution in [0.4, 0.5) is 24.5 Å². The van der Waals surface area contributed by atoms with E-state index < -0.39 is 17.7 Å². The first-order valence-corrected chi connectivity index (χ1v) is 11.4. The summed E-state index contributed by atoms with van der Waals surface area (Å²) < 4.78 is 32.0. The third-order valence-electron chi connectivity index (χ3n) is 5.80. The van der Waals surface area contributed by atoms with Gasteiger partial charge in [0.25, 0.3) is 5.54 Å². The average Bonchev–Trinajstić information content (AvgIpc) is 3.13. The van der Waals surface area contributed by atoms with Crippen LogP contribution in [0.1, 0.15) is 18.4 Å². The zero-order valence-electron chi connectivity index (χ0n) is 17.2. The van der Waals surface area contributed by atoms with Gasteiger partial charge in [-0.15, -0.1) is 0 Å². The summed E-state index contributed by atoms with van der Waals surface area (Å²) in [6.07, 6.45) is -1.24. The van der Waals surface area contributed by atoms with Crippen LogP contribution in [0.3, 0.4) is 0 Å². The van der Waals surface area contributed by atoms with Crippen molar-refractivity contribution in [3.63, 3.8) is 0 Å². The van der Waals surface area contributed by atoms with E-state index in [1.54, 1.807) is 6.21 Å². The molecule has 1 aromatic carbocycles. The molecule has 1 atom stereocenters. The monoisotopic (exact) mass is 620 g/mol. The van der Waals surface area contributed by atoms with Gasteiger partial charge in [-0.05, 0) is 43.9 Å². The van der Waals surface area contributed by atoms with Crippen LogP contribution in [0, 0.1) is 10.1 Å². The SMILES string of the molecule is O=C(O)C(F)(F)F.O=C1C(Br)=CC2([N+](=O)[O-])CCNc3c(O)c4c5c(c3C2=C1Br)=NCCC=5C=N4. The number of nitrogens with one attached hydrogen (secondary N) is 1. The highest BCUT2D eigenvalue weighted by Crippen LogP contribution is 2.50. The Morgan fingerprint density at radius 2 is 1.97 bits per heavy atom. The quantitative estimate of drug-likeness (QED) is 0.247. The molecule has 10 nitrogen and oxygen atoms in total. The average molecular weight is 622 g/mol. The van der Waals surface area contributed by atoms with Crippen molar-refractivity contribution < 1.29 is 37.9 Å². The lowest BCUT2D eigenvalue weighted by Crippen LogP contribution is -2.44. The molecule has 0 aromatic heterocycles. The molecule has 15 heteroatoms. The Morgan fingerprint density at radius 1 is 1.31 bits per heavy atom. The van der Waals surface area contributed by atoms with Crippen molar-refractivity contribution >= 4 is 72.3 Å². The predicted octanol–water partition coefficient (Wildman–Crippen LogP) is 2.71. The standard InChI is InChI=1S/C18H12Br2N4O4.C2HF3O2/c19-8-5-18(24(27)28)2-4-22-15-10(11(18)12(20)16(8)25)13-9-7(1-3-21-13)6-23-14(9)17(15)26;3-2(4,5)1(6)7/h5-6,22,26H,1-4H2;(H,6,7). The Kier molecular flexibility index (Phi) is 6.12. The molecular weight excluding hydrogens is 609 g/mol. The summed E-state index contributed by atoms with van der Waals surface area (Å²) in [5.41, 5.74) is 0.662. The first-order valence-electron chi connectivity index (χ1n) is 9.84. The molecule has 0 saturated heterocycles. The van der Waals surface area contributed by atoms with Crippen molar-refractivity contribution in [2.75, 3.05) is 18.4 Å². The van der Waals surface area contributed by atoms with Gasteiger partial charge in [-0.3, -0.25) is 24.9 Å². The van der Waals surface area contributed by atoms with Crippen LogP contribution in [-0.2, 0) is 9.59 Å². The Hall–Kier alpha value is -3.07. The summed E-state index contributed by atoms with van der Waals surface area (Å²) in [4.78, 5) is 42.4. The summed E-state index contributed by atoms with van der Waals surface area (Å²) in [6, 6.07) is 0. The molecule has 3 heterocycles. The molecule has 0 saturated carbocycles. The summed E-state index contributed by atoms with van der Waals surface area (Å²) in [7, 11) is 0. The molecule has 0 spiro atoms. The van der Waals surface area contributed by atoms with Gasteiger partial charge < -0.3 is 15.5 Å². The van der Waals surface area contributed by atoms with Crippen molar-refractivity contribution in [1.82, 2.24) is 0 Å². The second-order valence-electron chi connectivity index (χ2n) is 7.76. The summed E-state index contributed by atoms with van der Waals surface area (Å²) in [5, 5.41) is 34.7. The molecule has 3 aliphatic heterocycles. The molecule has 184 valence electrons. The molecule has 0 bridgehead atoms. The van der Waals surface area contributed by atoms with Crippen LogP contribution in [0.25, 0.3) is 11.1 Å². The van der Waals surface area contributed by atoms with Gasteiger partial charge in [0.2, 0.25) is 5.78 Å². The fourth-order valence-electron chi connectivity index (χ4n) is 4.29. The molecule has 1 aromatic rings. The molecule has 1 unspecified atom stereocenters. The first-order chi connectivity index (χ1) is 16.3. The van der Waals surface area contributed by atoms with Crippen LogP contribution < -0.4 is 15.9 Å². The van der Waals surface area contributed by atoms with Crippen molar-refractivity contribution in [2.45, 2.75) is 24.6 Å². The van der Waals surface area contributed by atoms with Gasteiger partial charge in [0, 0.05) is 47.5 Å². The topological polar surface area (TPSA) is 154 Å². The number of benzene rings is 1. The van der Waals surface area contributed by atoms with Crippen LogP contribution in [0.5, 0.6) is 5.75 Å². The Balaban J connectivity index is 0.000000364. The summed E-state index contributed by atoms with van der Waals surface area (Å²) in [5.74, 6) is -3.22. The Morgan fingerprint density at radius 3 is 2.57 bits per heavy atom. The highest BCUT2D eigenvalue weighted by Gasteiger charge is 2.53. The van der Waals surface area contributed by atoms with Crippen LogP contribution in [-0.4, -0.2) is 57.9 Å². The molecule has 4 aliphatic rings. The van der Waals surface area contributed by atoms with E-state index in [4.69, 9.17) is 9.90 Å². The van der Waals surface area contributed by atoms with Crippen LogP contribution in [0.2, 0.25) is 0 Å². The summed E-state index contributed by atoms with van der Waals surface area (Å²) in [6.45, 7) is 0.740. The minimum atomic E-state index is -5.08. The maximum atomic E-state index is 12.7. The predicted molar refractivity (Wildman–Crippen MR) is 124 cm³/mol. The number of anilines is 1. The van der Waals surface area contributed by atoms with E-state index in [9.17, 15) is 33.2 Å². The van der Waals surface area contributed by atoms with Crippen molar-refractivity contribution in [3.8, 4) is 5.75 Å². The molecular formula is C20H13Br2F3N4O6. The number of hydrogen-bond acceptors (Lipinski definition) is 8. The highest BCUT2D eigenvalue weighted by atomic mass is 79.9. The second-order valence-corrected chi connectivity index (χ2v) is 9.40. The third kappa shape index (κ3) is 3.86. The smallest absolute Gasteiger partial charge is 0.490 e. The van der Waals surface area contributed by atoms with Gasteiger partial charge in [-0.25, -0.2) is 4.79 Å². The van der Waals surface area contributed by atoms with E-state index in [-0.39, 0.29) is 44.0 Å². The number of Topliss-reactive ketones (excluding diaryl/α,β-unsaturated/α-hetero) is 1. The number of ketones is 1. The van der Waals surface area contributed by atoms with Gasteiger partial charge in [0.15, 0.2) is 5.75 Å². The van der Waals surface area contributed by atoms with Crippen LogP contribution in [0.15, 0.2) is 25.0 Å². The number of carbonyl (C=O) groups is 2. The maximum Gasteiger partial charge on any atom is 0.490 e. The van der Waals surface area contributed by atoms with Gasteiger partial charge in [0.1, 0.15) is 5.69 Å². The lowest BCUT2D eigenvalue weighted by Gasteiger charge is -2.28. The van der Waals surface area contributed by atoms with Crippen LogP contribution >= 0.6 is 31.9 Å². The van der Waals surface area contributed by atoms with Crippen molar-refractivity contribution in [3.05, 3.63) is 41.3 Å².